The van der Waals surface area contributed by atoms with Gasteiger partial charge in [-0.2, -0.15) is 5.10 Å². The van der Waals surface area contributed by atoms with Crippen LogP contribution in [0.4, 0.5) is 0 Å². The minimum absolute atomic E-state index is 0.105. The highest BCUT2D eigenvalue weighted by molar-refractivity contribution is 5.91. The number of carbonyl (C=O) groups is 1. The average molecular weight is 547 g/mol. The molecule has 0 radical (unpaired) electrons. The number of para-hydroxylation sites is 1. The van der Waals surface area contributed by atoms with E-state index in [1.807, 2.05) is 51.1 Å². The van der Waals surface area contributed by atoms with Crippen LogP contribution < -0.4 is 14.2 Å². The summed E-state index contributed by atoms with van der Waals surface area (Å²) in [6.07, 6.45) is 4.63. The van der Waals surface area contributed by atoms with E-state index in [1.54, 1.807) is 30.5 Å². The number of hydrogen-bond acceptors (Lipinski definition) is 6. The molecule has 0 atom stereocenters. The number of aromatic nitrogens is 2. The molecule has 0 amide bonds. The Kier molecular flexibility index (Phi) is 11.4. The van der Waals surface area contributed by atoms with E-state index in [0.717, 1.165) is 36.1 Å². The van der Waals surface area contributed by atoms with Crippen LogP contribution in [0.15, 0.2) is 66.9 Å². The predicted molar refractivity (Wildman–Crippen MR) is 156 cm³/mol. The van der Waals surface area contributed by atoms with Crippen LogP contribution >= 0.6 is 0 Å². The van der Waals surface area contributed by atoms with Crippen molar-refractivity contribution in [2.75, 3.05) is 13.2 Å². The number of hydrogen-bond donors (Lipinski definition) is 3. The Labute approximate surface area is 235 Å². The summed E-state index contributed by atoms with van der Waals surface area (Å²) in [5.41, 5.74) is 3.42. The third kappa shape index (κ3) is 7.56. The summed E-state index contributed by atoms with van der Waals surface area (Å²) < 4.78 is 18.1. The Morgan fingerprint density at radius 3 is 2.27 bits per heavy atom. The van der Waals surface area contributed by atoms with Crippen LogP contribution in [0.3, 0.4) is 0 Å². The van der Waals surface area contributed by atoms with Gasteiger partial charge in [0.1, 0.15) is 34.3 Å². The van der Waals surface area contributed by atoms with Gasteiger partial charge in [0, 0.05) is 29.8 Å². The normalized spacial score (nSPS) is 10.4. The third-order valence-corrected chi connectivity index (χ3v) is 6.08. The van der Waals surface area contributed by atoms with Crippen molar-refractivity contribution >= 4 is 5.97 Å². The van der Waals surface area contributed by atoms with Crippen molar-refractivity contribution in [3.05, 3.63) is 83.6 Å². The summed E-state index contributed by atoms with van der Waals surface area (Å²) in [7, 11) is 0. The van der Waals surface area contributed by atoms with Crippen molar-refractivity contribution in [3.63, 3.8) is 0 Å². The second-order valence-electron chi connectivity index (χ2n) is 8.74. The molecule has 8 nitrogen and oxygen atoms in total. The fourth-order valence-corrected chi connectivity index (χ4v) is 4.19. The van der Waals surface area contributed by atoms with E-state index < -0.39 is 5.97 Å². The second-order valence-corrected chi connectivity index (χ2v) is 8.74. The summed E-state index contributed by atoms with van der Waals surface area (Å²) in [4.78, 5) is 11.6. The van der Waals surface area contributed by atoms with Crippen LogP contribution in [0.1, 0.15) is 62.0 Å². The van der Waals surface area contributed by atoms with Gasteiger partial charge in [-0.3, -0.25) is 5.10 Å². The zero-order valence-corrected chi connectivity index (χ0v) is 23.6. The number of carboxylic acids is 1. The topological polar surface area (TPSA) is 114 Å². The fraction of sp³-hybridized carbons (Fsp3) is 0.312. The molecule has 3 aromatic carbocycles. The Morgan fingerprint density at radius 2 is 1.60 bits per heavy atom. The van der Waals surface area contributed by atoms with Crippen LogP contribution in [0.25, 0.3) is 11.3 Å². The first-order valence-corrected chi connectivity index (χ1v) is 13.7. The van der Waals surface area contributed by atoms with Crippen molar-refractivity contribution in [1.82, 2.24) is 10.2 Å². The Hall–Kier alpha value is -4.46. The zero-order chi connectivity index (χ0) is 28.9. The molecule has 0 aliphatic carbocycles. The lowest BCUT2D eigenvalue weighted by Crippen LogP contribution is -2.08. The molecule has 0 fully saturated rings. The van der Waals surface area contributed by atoms with Gasteiger partial charge in [0.15, 0.2) is 0 Å². The van der Waals surface area contributed by atoms with Crippen molar-refractivity contribution < 1.29 is 29.2 Å². The summed E-state index contributed by atoms with van der Waals surface area (Å²) >= 11 is 0. The van der Waals surface area contributed by atoms with Gasteiger partial charge in [-0.25, -0.2) is 4.79 Å². The smallest absolute Gasteiger partial charge is 0.339 e. The quantitative estimate of drug-likeness (QED) is 0.147. The Balaban J connectivity index is 0.00000216. The second kappa shape index (κ2) is 15.2. The van der Waals surface area contributed by atoms with Crippen LogP contribution in [0.2, 0.25) is 0 Å². The minimum Gasteiger partial charge on any atom is -0.507 e. The average Bonchev–Trinajstić information content (AvgIpc) is 3.50. The van der Waals surface area contributed by atoms with Gasteiger partial charge < -0.3 is 24.4 Å². The number of rotatable bonds is 13. The maximum atomic E-state index is 11.6. The van der Waals surface area contributed by atoms with Gasteiger partial charge in [0.25, 0.3) is 0 Å². The number of aromatic hydroxyl groups is 1. The number of aryl methyl sites for hydroxylation is 1. The van der Waals surface area contributed by atoms with Crippen molar-refractivity contribution in [3.8, 4) is 40.0 Å². The van der Waals surface area contributed by atoms with Crippen LogP contribution in [0.5, 0.6) is 28.7 Å². The van der Waals surface area contributed by atoms with Crippen molar-refractivity contribution in [1.29, 1.82) is 0 Å². The maximum Gasteiger partial charge on any atom is 0.339 e. The minimum atomic E-state index is -1.04. The van der Waals surface area contributed by atoms with Gasteiger partial charge >= 0.3 is 5.97 Å². The largest absolute Gasteiger partial charge is 0.507 e. The number of aromatic carboxylic acids is 1. The number of nitrogens with zero attached hydrogens (tertiary/aromatic N) is 1. The molecular weight excluding hydrogens is 508 g/mol. The third-order valence-electron chi connectivity index (χ3n) is 6.08. The monoisotopic (exact) mass is 546 g/mol. The molecule has 0 bridgehead atoms. The lowest BCUT2D eigenvalue weighted by atomic mass is 10.0. The van der Waals surface area contributed by atoms with Crippen LogP contribution in [-0.2, 0) is 12.8 Å². The number of nitrogens with one attached hydrogen (secondary N) is 1. The van der Waals surface area contributed by atoms with E-state index in [0.29, 0.717) is 42.4 Å². The van der Waals surface area contributed by atoms with Crippen molar-refractivity contribution in [2.24, 2.45) is 0 Å². The van der Waals surface area contributed by atoms with Gasteiger partial charge in [-0.15, -0.1) is 0 Å². The summed E-state index contributed by atoms with van der Waals surface area (Å²) in [6, 6.07) is 17.5. The highest BCUT2D eigenvalue weighted by Gasteiger charge is 2.16. The number of phenolic OH excluding ortho intramolecular Hbond substituents is 1. The predicted octanol–water partition coefficient (Wildman–Crippen LogP) is 7.66. The number of ether oxygens (including phenoxy) is 3. The van der Waals surface area contributed by atoms with Gasteiger partial charge in [-0.05, 0) is 54.8 Å². The molecular formula is C32H38N2O6. The first-order valence-electron chi connectivity index (χ1n) is 13.7. The SMILES string of the molecule is CC.CCCc1c(OCCCOc2cc(O)c(-c3ccn[nH]3)cc2CC)cccc1Oc1ccccc1C(=O)O. The molecule has 0 spiro atoms. The molecule has 212 valence electrons. The summed E-state index contributed by atoms with van der Waals surface area (Å²) in [5, 5.41) is 26.8. The maximum absolute atomic E-state index is 11.6. The molecule has 1 aromatic heterocycles. The molecule has 1 heterocycles. The number of benzene rings is 3. The Bertz CT molecular complexity index is 1370. The van der Waals surface area contributed by atoms with E-state index in [1.165, 1.54) is 6.07 Å². The van der Waals surface area contributed by atoms with E-state index in [9.17, 15) is 15.0 Å². The molecule has 3 N–H and O–H groups in total. The number of aromatic amines is 1. The molecule has 0 aliphatic heterocycles. The molecule has 0 saturated heterocycles. The summed E-state index contributed by atoms with van der Waals surface area (Å²) in [6.45, 7) is 8.95. The number of carboxylic acid groups (broad SMARTS) is 1. The van der Waals surface area contributed by atoms with E-state index in [2.05, 4.69) is 17.1 Å². The van der Waals surface area contributed by atoms with Crippen molar-refractivity contribution in [2.45, 2.75) is 53.4 Å². The molecule has 0 saturated carbocycles. The van der Waals surface area contributed by atoms with Gasteiger partial charge in [0.05, 0.1) is 18.9 Å². The first kappa shape index (κ1) is 30.1. The van der Waals surface area contributed by atoms with E-state index in [-0.39, 0.29) is 17.1 Å². The van der Waals surface area contributed by atoms with Crippen LogP contribution in [0, 0.1) is 0 Å². The molecule has 4 rings (SSSR count). The number of phenols is 1. The van der Waals surface area contributed by atoms with E-state index >= 15 is 0 Å². The molecule has 0 aliphatic rings. The standard InChI is InChI=1S/C30H32N2O6.C2H6/c1-3-9-21-26(12-7-13-27(21)38-28-11-6-5-10-22(28)30(34)35)36-16-8-17-37-29-19-25(33)23(18-20(29)4-2)24-14-15-31-32-24;1-2/h5-7,10-15,18-19,33H,3-4,8-9,16-17H2,1-2H3,(H,31,32)(H,34,35);1-2H3. The van der Waals surface area contributed by atoms with E-state index in [4.69, 9.17) is 14.2 Å². The zero-order valence-electron chi connectivity index (χ0n) is 23.6. The fourth-order valence-electron chi connectivity index (χ4n) is 4.19. The number of H-pyrrole nitrogens is 1. The van der Waals surface area contributed by atoms with Gasteiger partial charge in [-0.1, -0.05) is 52.3 Å². The molecule has 8 heteroatoms. The summed E-state index contributed by atoms with van der Waals surface area (Å²) in [5.74, 6) is 1.30. The molecule has 4 aromatic rings. The molecule has 40 heavy (non-hydrogen) atoms. The Morgan fingerprint density at radius 1 is 0.900 bits per heavy atom. The van der Waals surface area contributed by atoms with Crippen LogP contribution in [-0.4, -0.2) is 39.6 Å². The first-order chi connectivity index (χ1) is 19.5. The van der Waals surface area contributed by atoms with Gasteiger partial charge in [0.2, 0.25) is 0 Å². The highest BCUT2D eigenvalue weighted by Crippen LogP contribution is 2.36. The highest BCUT2D eigenvalue weighted by atomic mass is 16.5. The molecule has 0 unspecified atom stereocenters. The lowest BCUT2D eigenvalue weighted by Gasteiger charge is -2.17. The lowest BCUT2D eigenvalue weighted by molar-refractivity contribution is 0.0694.